The number of hydrogen-bond donors (Lipinski definition) is 1. The molecule has 3 nitrogen and oxygen atoms in total. The molecular weight excluding hydrogens is 268 g/mol. The summed E-state index contributed by atoms with van der Waals surface area (Å²) in [6.07, 6.45) is 3.14. The van der Waals surface area contributed by atoms with Gasteiger partial charge < -0.3 is 10.1 Å². The van der Waals surface area contributed by atoms with E-state index >= 15 is 0 Å². The topological polar surface area (TPSA) is 34.1 Å². The van der Waals surface area contributed by atoms with Gasteiger partial charge in [0.15, 0.2) is 0 Å². The molecule has 0 radical (unpaired) electrons. The predicted molar refractivity (Wildman–Crippen MR) is 84.5 cm³/mol. The van der Waals surface area contributed by atoms with E-state index in [9.17, 15) is 0 Å². The van der Waals surface area contributed by atoms with E-state index in [2.05, 4.69) is 29.4 Å². The van der Waals surface area contributed by atoms with Gasteiger partial charge >= 0.3 is 0 Å². The van der Waals surface area contributed by atoms with E-state index in [0.29, 0.717) is 0 Å². The summed E-state index contributed by atoms with van der Waals surface area (Å²) in [6, 6.07) is 8.42. The Morgan fingerprint density at radius 3 is 2.85 bits per heavy atom. The fourth-order valence-electron chi connectivity index (χ4n) is 2.05. The molecule has 0 aliphatic rings. The summed E-state index contributed by atoms with van der Waals surface area (Å²) in [7, 11) is 0. The highest BCUT2D eigenvalue weighted by Gasteiger charge is 2.16. The minimum atomic E-state index is 0.144. The molecular formula is C16H22N2OS. The summed E-state index contributed by atoms with van der Waals surface area (Å²) >= 11 is 1.68. The van der Waals surface area contributed by atoms with E-state index in [1.54, 1.807) is 11.3 Å². The molecule has 0 fully saturated rings. The van der Waals surface area contributed by atoms with Gasteiger partial charge in [-0.1, -0.05) is 19.1 Å². The van der Waals surface area contributed by atoms with Crippen LogP contribution in [0, 0.1) is 0 Å². The van der Waals surface area contributed by atoms with E-state index in [4.69, 9.17) is 4.74 Å². The van der Waals surface area contributed by atoms with Gasteiger partial charge in [0.2, 0.25) is 0 Å². The molecule has 1 N–H and O–H groups in total. The number of nitrogens with zero attached hydrogens (tertiary/aromatic N) is 1. The van der Waals surface area contributed by atoms with Crippen LogP contribution in [0.2, 0.25) is 0 Å². The highest BCUT2D eigenvalue weighted by Crippen LogP contribution is 2.27. The van der Waals surface area contributed by atoms with Crippen molar-refractivity contribution in [3.05, 3.63) is 46.4 Å². The van der Waals surface area contributed by atoms with Crippen LogP contribution in [0.1, 0.15) is 43.8 Å². The Morgan fingerprint density at radius 2 is 2.20 bits per heavy atom. The van der Waals surface area contributed by atoms with Crippen molar-refractivity contribution >= 4 is 11.3 Å². The number of thiazole rings is 1. The van der Waals surface area contributed by atoms with Gasteiger partial charge in [0.1, 0.15) is 10.8 Å². The van der Waals surface area contributed by atoms with E-state index in [-0.39, 0.29) is 12.1 Å². The highest BCUT2D eigenvalue weighted by molar-refractivity contribution is 7.09. The van der Waals surface area contributed by atoms with Crippen LogP contribution in [-0.2, 0) is 0 Å². The second-order valence-corrected chi connectivity index (χ2v) is 5.92. The van der Waals surface area contributed by atoms with Crippen LogP contribution in [0.5, 0.6) is 5.75 Å². The van der Waals surface area contributed by atoms with Crippen molar-refractivity contribution in [2.75, 3.05) is 6.54 Å². The standard InChI is InChI=1S/C16H22N2OS/c1-4-8-17-15(16-18-9-10-20-16)13-6-5-7-14(11-13)19-12(2)3/h5-7,9-12,15,17H,4,8H2,1-3H3. The Labute approximate surface area is 125 Å². The average molecular weight is 290 g/mol. The van der Waals surface area contributed by atoms with Crippen LogP contribution in [-0.4, -0.2) is 17.6 Å². The van der Waals surface area contributed by atoms with Gasteiger partial charge in [0.25, 0.3) is 0 Å². The molecule has 1 heterocycles. The van der Waals surface area contributed by atoms with Gasteiger partial charge in [-0.15, -0.1) is 11.3 Å². The molecule has 2 aromatic rings. The molecule has 108 valence electrons. The zero-order chi connectivity index (χ0) is 14.4. The number of aromatic nitrogens is 1. The third-order valence-electron chi connectivity index (χ3n) is 2.86. The van der Waals surface area contributed by atoms with Gasteiger partial charge in [-0.3, -0.25) is 0 Å². The SMILES string of the molecule is CCCNC(c1cccc(OC(C)C)c1)c1nccs1. The summed E-state index contributed by atoms with van der Waals surface area (Å²) in [6.45, 7) is 7.23. The predicted octanol–water partition coefficient (Wildman–Crippen LogP) is 4.02. The van der Waals surface area contributed by atoms with Crippen molar-refractivity contribution in [3.63, 3.8) is 0 Å². The van der Waals surface area contributed by atoms with Crippen molar-refractivity contribution in [3.8, 4) is 5.75 Å². The smallest absolute Gasteiger partial charge is 0.120 e. The van der Waals surface area contributed by atoms with Crippen LogP contribution in [0.25, 0.3) is 0 Å². The zero-order valence-electron chi connectivity index (χ0n) is 12.3. The fraction of sp³-hybridized carbons (Fsp3) is 0.438. The monoisotopic (exact) mass is 290 g/mol. The molecule has 1 aromatic carbocycles. The number of ether oxygens (including phenoxy) is 1. The Balaban J connectivity index is 2.24. The number of nitrogens with one attached hydrogen (secondary N) is 1. The number of rotatable bonds is 7. The molecule has 0 bridgehead atoms. The van der Waals surface area contributed by atoms with Crippen LogP contribution < -0.4 is 10.1 Å². The van der Waals surface area contributed by atoms with Crippen molar-refractivity contribution in [1.82, 2.24) is 10.3 Å². The molecule has 0 aliphatic heterocycles. The lowest BCUT2D eigenvalue weighted by Gasteiger charge is -2.18. The third-order valence-corrected chi connectivity index (χ3v) is 3.70. The molecule has 1 atom stereocenters. The minimum Gasteiger partial charge on any atom is -0.491 e. The van der Waals surface area contributed by atoms with Crippen molar-refractivity contribution < 1.29 is 4.74 Å². The maximum Gasteiger partial charge on any atom is 0.120 e. The zero-order valence-corrected chi connectivity index (χ0v) is 13.1. The average Bonchev–Trinajstić information content (AvgIpc) is 2.93. The molecule has 0 saturated carbocycles. The van der Waals surface area contributed by atoms with Crippen LogP contribution in [0.15, 0.2) is 35.8 Å². The largest absolute Gasteiger partial charge is 0.491 e. The van der Waals surface area contributed by atoms with Crippen LogP contribution in [0.4, 0.5) is 0 Å². The molecule has 0 spiro atoms. The molecule has 1 unspecified atom stereocenters. The Hall–Kier alpha value is -1.39. The molecule has 2 rings (SSSR count). The van der Waals surface area contributed by atoms with E-state index in [0.717, 1.165) is 23.7 Å². The summed E-state index contributed by atoms with van der Waals surface area (Å²) in [5.41, 5.74) is 1.20. The summed E-state index contributed by atoms with van der Waals surface area (Å²) in [4.78, 5) is 4.45. The first-order chi connectivity index (χ1) is 9.70. The van der Waals surface area contributed by atoms with Gasteiger partial charge in [-0.25, -0.2) is 4.98 Å². The normalized spacial score (nSPS) is 12.6. The lowest BCUT2D eigenvalue weighted by molar-refractivity contribution is 0.242. The summed E-state index contributed by atoms with van der Waals surface area (Å²) in [5.74, 6) is 0.914. The van der Waals surface area contributed by atoms with Gasteiger partial charge in [-0.05, 0) is 44.5 Å². The van der Waals surface area contributed by atoms with Crippen molar-refractivity contribution in [2.24, 2.45) is 0 Å². The van der Waals surface area contributed by atoms with E-state index in [1.165, 1.54) is 5.56 Å². The second kappa shape index (κ2) is 7.41. The molecule has 1 aromatic heterocycles. The maximum absolute atomic E-state index is 5.78. The fourth-order valence-corrected chi connectivity index (χ4v) is 2.79. The van der Waals surface area contributed by atoms with Crippen LogP contribution in [0.3, 0.4) is 0 Å². The minimum absolute atomic E-state index is 0.144. The number of benzene rings is 1. The van der Waals surface area contributed by atoms with Gasteiger partial charge in [-0.2, -0.15) is 0 Å². The van der Waals surface area contributed by atoms with Crippen molar-refractivity contribution in [2.45, 2.75) is 39.3 Å². The number of hydrogen-bond acceptors (Lipinski definition) is 4. The molecule has 4 heteroatoms. The quantitative estimate of drug-likeness (QED) is 0.836. The first-order valence-electron chi connectivity index (χ1n) is 7.10. The molecule has 20 heavy (non-hydrogen) atoms. The first kappa shape index (κ1) is 15.0. The Morgan fingerprint density at radius 1 is 1.35 bits per heavy atom. The van der Waals surface area contributed by atoms with E-state index in [1.807, 2.05) is 37.6 Å². The Bertz CT molecular complexity index is 511. The van der Waals surface area contributed by atoms with E-state index < -0.39 is 0 Å². The maximum atomic E-state index is 5.78. The molecule has 0 amide bonds. The van der Waals surface area contributed by atoms with Gasteiger partial charge in [0.05, 0.1) is 12.1 Å². The summed E-state index contributed by atoms with van der Waals surface area (Å²) in [5, 5.41) is 6.68. The first-order valence-corrected chi connectivity index (χ1v) is 7.98. The molecule has 0 saturated heterocycles. The van der Waals surface area contributed by atoms with Crippen molar-refractivity contribution in [1.29, 1.82) is 0 Å². The lowest BCUT2D eigenvalue weighted by Crippen LogP contribution is -2.23. The second-order valence-electron chi connectivity index (χ2n) is 5.00. The lowest BCUT2D eigenvalue weighted by atomic mass is 10.1. The van der Waals surface area contributed by atoms with Gasteiger partial charge in [0, 0.05) is 11.6 Å². The third kappa shape index (κ3) is 4.05. The summed E-state index contributed by atoms with van der Waals surface area (Å²) < 4.78 is 5.78. The Kier molecular flexibility index (Phi) is 5.56. The molecule has 0 aliphatic carbocycles. The van der Waals surface area contributed by atoms with Crippen LogP contribution >= 0.6 is 11.3 Å². The highest BCUT2D eigenvalue weighted by atomic mass is 32.1.